The minimum absolute atomic E-state index is 0.0544. The van der Waals surface area contributed by atoms with Crippen molar-refractivity contribution in [1.82, 2.24) is 0 Å². The molecule has 7 heteroatoms. The molecule has 0 aliphatic heterocycles. The van der Waals surface area contributed by atoms with Crippen LogP contribution in [-0.4, -0.2) is 14.3 Å². The zero-order valence-corrected chi connectivity index (χ0v) is 13.8. The topological polar surface area (TPSA) is 89.3 Å². The number of nitrogens with two attached hydrogens (primary N) is 1. The Labute approximate surface area is 137 Å². The van der Waals surface area contributed by atoms with Crippen LogP contribution in [0.1, 0.15) is 5.56 Å². The quantitative estimate of drug-likeness (QED) is 0.799. The first-order valence-corrected chi connectivity index (χ1v) is 8.56. The molecule has 0 heterocycles. The normalized spacial score (nSPS) is 11.5. The van der Waals surface area contributed by atoms with E-state index in [0.29, 0.717) is 5.69 Å². The summed E-state index contributed by atoms with van der Waals surface area (Å²) in [6, 6.07) is 13.2. The first-order chi connectivity index (χ1) is 10.3. The monoisotopic (exact) mass is 380 g/mol. The predicted octanol–water partition coefficient (Wildman–Crippen LogP) is 2.75. The zero-order chi connectivity index (χ0) is 16.2. The largest absolute Gasteiger partial charge is 0.322 e. The van der Waals surface area contributed by atoms with Crippen molar-refractivity contribution in [2.45, 2.75) is 4.90 Å². The number of nitrogens with one attached hydrogen (secondary N) is 1. The number of primary sulfonamides is 1. The van der Waals surface area contributed by atoms with Crippen LogP contribution in [0.15, 0.2) is 64.0 Å². The number of hydrogen-bond acceptors (Lipinski definition) is 3. The third-order valence-electron chi connectivity index (χ3n) is 2.71. The van der Waals surface area contributed by atoms with Crippen LogP contribution >= 0.6 is 15.9 Å². The predicted molar refractivity (Wildman–Crippen MR) is 89.6 cm³/mol. The Morgan fingerprint density at radius 2 is 1.86 bits per heavy atom. The molecule has 0 spiro atoms. The van der Waals surface area contributed by atoms with Crippen LogP contribution in [0, 0.1) is 0 Å². The van der Waals surface area contributed by atoms with Gasteiger partial charge in [-0.25, -0.2) is 13.6 Å². The van der Waals surface area contributed by atoms with E-state index in [2.05, 4.69) is 21.2 Å². The van der Waals surface area contributed by atoms with E-state index in [1.807, 2.05) is 24.3 Å². The first-order valence-electron chi connectivity index (χ1n) is 6.22. The number of rotatable bonds is 4. The van der Waals surface area contributed by atoms with E-state index in [1.54, 1.807) is 12.1 Å². The summed E-state index contributed by atoms with van der Waals surface area (Å²) in [5, 5.41) is 7.63. The fourth-order valence-corrected chi connectivity index (χ4v) is 2.69. The lowest BCUT2D eigenvalue weighted by atomic mass is 10.2. The summed E-state index contributed by atoms with van der Waals surface area (Å²) >= 11 is 3.35. The van der Waals surface area contributed by atoms with Crippen molar-refractivity contribution in [3.05, 3.63) is 64.6 Å². The highest BCUT2D eigenvalue weighted by Gasteiger charge is 2.08. The minimum Gasteiger partial charge on any atom is -0.322 e. The Kier molecular flexibility index (Phi) is 5.12. The standard InChI is InChI=1S/C15H13BrN2O3S/c16-12-4-1-3-11(9-12)7-8-15(19)18-13-5-2-6-14(10-13)22(17,20)21/h1-10H,(H,18,19)(H2,17,20,21). The Morgan fingerprint density at radius 3 is 2.55 bits per heavy atom. The molecule has 5 nitrogen and oxygen atoms in total. The van der Waals surface area contributed by atoms with Gasteiger partial charge in [-0.1, -0.05) is 34.1 Å². The van der Waals surface area contributed by atoms with Crippen LogP contribution in [-0.2, 0) is 14.8 Å². The van der Waals surface area contributed by atoms with Gasteiger partial charge in [0.2, 0.25) is 15.9 Å². The second-order valence-electron chi connectivity index (χ2n) is 4.45. The van der Waals surface area contributed by atoms with Gasteiger partial charge < -0.3 is 5.32 Å². The van der Waals surface area contributed by atoms with Crippen LogP contribution < -0.4 is 10.5 Å². The second-order valence-corrected chi connectivity index (χ2v) is 6.93. The molecule has 0 radical (unpaired) electrons. The summed E-state index contributed by atoms with van der Waals surface area (Å²) in [5.74, 6) is -0.369. The molecule has 0 aromatic heterocycles. The molecule has 0 fully saturated rings. The molecule has 1 amide bonds. The fourth-order valence-electron chi connectivity index (χ4n) is 1.72. The van der Waals surface area contributed by atoms with Gasteiger partial charge in [0.25, 0.3) is 0 Å². The molecule has 0 saturated carbocycles. The lowest BCUT2D eigenvalue weighted by Gasteiger charge is -2.04. The van der Waals surface area contributed by atoms with E-state index in [1.165, 1.54) is 24.3 Å². The lowest BCUT2D eigenvalue weighted by Crippen LogP contribution is -2.13. The van der Waals surface area contributed by atoms with Crippen molar-refractivity contribution >= 4 is 43.6 Å². The zero-order valence-electron chi connectivity index (χ0n) is 11.4. The summed E-state index contributed by atoms with van der Waals surface area (Å²) in [6.45, 7) is 0. The van der Waals surface area contributed by atoms with Gasteiger partial charge in [0, 0.05) is 16.2 Å². The molecule has 0 aliphatic carbocycles. The molecule has 114 valence electrons. The molecule has 2 rings (SSSR count). The summed E-state index contributed by atoms with van der Waals surface area (Å²) in [6.07, 6.45) is 3.02. The van der Waals surface area contributed by atoms with Crippen LogP contribution in [0.25, 0.3) is 6.08 Å². The summed E-state index contributed by atoms with van der Waals surface area (Å²) in [4.78, 5) is 11.8. The van der Waals surface area contributed by atoms with Crippen molar-refractivity contribution in [3.63, 3.8) is 0 Å². The number of benzene rings is 2. The van der Waals surface area contributed by atoms with Gasteiger partial charge in [0.1, 0.15) is 0 Å². The SMILES string of the molecule is NS(=O)(=O)c1cccc(NC(=O)C=Cc2cccc(Br)c2)c1. The maximum absolute atomic E-state index is 11.8. The van der Waals surface area contributed by atoms with Gasteiger partial charge in [-0.15, -0.1) is 0 Å². The number of halogens is 1. The van der Waals surface area contributed by atoms with Gasteiger partial charge in [-0.2, -0.15) is 0 Å². The van der Waals surface area contributed by atoms with E-state index in [4.69, 9.17) is 5.14 Å². The maximum atomic E-state index is 11.8. The summed E-state index contributed by atoms with van der Waals surface area (Å²) < 4.78 is 23.4. The van der Waals surface area contributed by atoms with Crippen molar-refractivity contribution in [2.75, 3.05) is 5.32 Å². The minimum atomic E-state index is -3.80. The third kappa shape index (κ3) is 4.80. The molecule has 2 aromatic rings. The van der Waals surface area contributed by atoms with Crippen LogP contribution in [0.2, 0.25) is 0 Å². The Morgan fingerprint density at radius 1 is 1.14 bits per heavy atom. The smallest absolute Gasteiger partial charge is 0.248 e. The van der Waals surface area contributed by atoms with E-state index in [-0.39, 0.29) is 10.8 Å². The van der Waals surface area contributed by atoms with E-state index >= 15 is 0 Å². The van der Waals surface area contributed by atoms with Crippen LogP contribution in [0.3, 0.4) is 0 Å². The second kappa shape index (κ2) is 6.87. The number of sulfonamides is 1. The fraction of sp³-hybridized carbons (Fsp3) is 0. The molecule has 22 heavy (non-hydrogen) atoms. The van der Waals surface area contributed by atoms with E-state index in [0.717, 1.165) is 10.0 Å². The van der Waals surface area contributed by atoms with Crippen molar-refractivity contribution in [1.29, 1.82) is 0 Å². The van der Waals surface area contributed by atoms with E-state index < -0.39 is 10.0 Å². The molecular weight excluding hydrogens is 368 g/mol. The highest BCUT2D eigenvalue weighted by Crippen LogP contribution is 2.15. The van der Waals surface area contributed by atoms with Crippen molar-refractivity contribution in [2.24, 2.45) is 5.14 Å². The molecule has 0 unspecified atom stereocenters. The van der Waals surface area contributed by atoms with Gasteiger partial charge in [-0.05, 0) is 42.0 Å². The summed E-state index contributed by atoms with van der Waals surface area (Å²) in [7, 11) is -3.80. The molecule has 0 aliphatic rings. The van der Waals surface area contributed by atoms with Gasteiger partial charge in [0.05, 0.1) is 4.90 Å². The van der Waals surface area contributed by atoms with Crippen LogP contribution in [0.4, 0.5) is 5.69 Å². The molecular formula is C15H13BrN2O3S. The van der Waals surface area contributed by atoms with Gasteiger partial charge in [-0.3, -0.25) is 4.79 Å². The number of carbonyl (C=O) groups excluding carboxylic acids is 1. The van der Waals surface area contributed by atoms with Gasteiger partial charge >= 0.3 is 0 Å². The number of anilines is 1. The first kappa shape index (κ1) is 16.4. The molecule has 0 bridgehead atoms. The molecule has 2 aromatic carbocycles. The number of hydrogen-bond donors (Lipinski definition) is 2. The Balaban J connectivity index is 2.09. The highest BCUT2D eigenvalue weighted by atomic mass is 79.9. The molecule has 0 atom stereocenters. The number of carbonyl (C=O) groups is 1. The lowest BCUT2D eigenvalue weighted by molar-refractivity contribution is -0.111. The van der Waals surface area contributed by atoms with E-state index in [9.17, 15) is 13.2 Å². The third-order valence-corrected chi connectivity index (χ3v) is 4.11. The number of amides is 1. The average Bonchev–Trinajstić information content (AvgIpc) is 2.45. The Bertz CT molecular complexity index is 832. The van der Waals surface area contributed by atoms with Crippen molar-refractivity contribution in [3.8, 4) is 0 Å². The maximum Gasteiger partial charge on any atom is 0.248 e. The van der Waals surface area contributed by atoms with Crippen molar-refractivity contribution < 1.29 is 13.2 Å². The highest BCUT2D eigenvalue weighted by molar-refractivity contribution is 9.10. The Hall–Kier alpha value is -1.96. The summed E-state index contributed by atoms with van der Waals surface area (Å²) in [5.41, 5.74) is 1.22. The molecule has 3 N–H and O–H groups in total. The average molecular weight is 381 g/mol. The van der Waals surface area contributed by atoms with Crippen LogP contribution in [0.5, 0.6) is 0 Å². The molecule has 0 saturated heterocycles. The van der Waals surface area contributed by atoms with Gasteiger partial charge in [0.15, 0.2) is 0 Å².